The van der Waals surface area contributed by atoms with Gasteiger partial charge in [-0.25, -0.2) is 0 Å². The van der Waals surface area contributed by atoms with E-state index in [-0.39, 0.29) is 18.2 Å². The molecule has 0 aliphatic carbocycles. The number of hydrogen-bond acceptors (Lipinski definition) is 2. The molecule has 0 unspecified atom stereocenters. The molecule has 0 aliphatic heterocycles. The van der Waals surface area contributed by atoms with Crippen LogP contribution in [0, 0.1) is 0 Å². The number of nitrogens with one attached hydrogen (secondary N) is 2. The lowest BCUT2D eigenvalue weighted by Crippen LogP contribution is -2.49. The van der Waals surface area contributed by atoms with Crippen LogP contribution in [0.15, 0.2) is 89.5 Å². The molecule has 6 heteroatoms. The lowest BCUT2D eigenvalue weighted by atomic mass is 10.0. The van der Waals surface area contributed by atoms with Crippen molar-refractivity contribution in [3.8, 4) is 0 Å². The summed E-state index contributed by atoms with van der Waals surface area (Å²) in [4.78, 5) is 31.1. The third-order valence-corrected chi connectivity index (χ3v) is 6.02. The van der Waals surface area contributed by atoms with Crippen molar-refractivity contribution in [2.45, 2.75) is 18.9 Å². The Morgan fingerprint density at radius 1 is 0.969 bits per heavy atom. The fourth-order valence-electron chi connectivity index (χ4n) is 3.77. The van der Waals surface area contributed by atoms with E-state index in [1.165, 1.54) is 0 Å². The molecule has 4 rings (SSSR count). The maximum atomic E-state index is 13.4. The molecule has 32 heavy (non-hydrogen) atoms. The van der Waals surface area contributed by atoms with Gasteiger partial charge in [-0.15, -0.1) is 0 Å². The first-order valence-corrected chi connectivity index (χ1v) is 11.2. The van der Waals surface area contributed by atoms with Crippen molar-refractivity contribution in [3.05, 3.63) is 101 Å². The first-order valence-electron chi connectivity index (χ1n) is 10.4. The minimum absolute atomic E-state index is 0.163. The van der Waals surface area contributed by atoms with E-state index in [1.54, 1.807) is 11.9 Å². The van der Waals surface area contributed by atoms with Gasteiger partial charge >= 0.3 is 0 Å². The molecule has 2 amide bonds. The van der Waals surface area contributed by atoms with E-state index in [9.17, 15) is 9.59 Å². The molecule has 0 fully saturated rings. The number of nitrogens with zero attached hydrogens (tertiary/aromatic N) is 1. The van der Waals surface area contributed by atoms with Crippen molar-refractivity contribution in [2.24, 2.45) is 0 Å². The minimum Gasteiger partial charge on any atom is -0.361 e. The summed E-state index contributed by atoms with van der Waals surface area (Å²) in [5, 5.41) is 3.99. The maximum Gasteiger partial charge on any atom is 0.249 e. The van der Waals surface area contributed by atoms with Crippen LogP contribution < -0.4 is 10.2 Å². The fourth-order valence-corrected chi connectivity index (χ4v) is 4.04. The van der Waals surface area contributed by atoms with E-state index in [4.69, 9.17) is 0 Å². The summed E-state index contributed by atoms with van der Waals surface area (Å²) in [6.07, 6.45) is 2.47. The first kappa shape index (κ1) is 21.8. The van der Waals surface area contributed by atoms with Crippen molar-refractivity contribution in [2.75, 3.05) is 11.9 Å². The molecule has 1 atom stereocenters. The molecule has 162 valence electrons. The average molecular weight is 490 g/mol. The van der Waals surface area contributed by atoms with Crippen LogP contribution >= 0.6 is 15.9 Å². The summed E-state index contributed by atoms with van der Waals surface area (Å²) >= 11 is 3.42. The molecule has 0 spiro atoms. The lowest BCUT2D eigenvalue weighted by Gasteiger charge is -2.25. The zero-order chi connectivity index (χ0) is 22.5. The Balaban J connectivity index is 1.53. The third-order valence-electron chi connectivity index (χ3n) is 5.49. The molecule has 3 aromatic carbocycles. The summed E-state index contributed by atoms with van der Waals surface area (Å²) in [6, 6.07) is 24.4. The predicted octanol–water partition coefficient (Wildman–Crippen LogP) is 4.86. The van der Waals surface area contributed by atoms with E-state index >= 15 is 0 Å². The van der Waals surface area contributed by atoms with Gasteiger partial charge in [0.2, 0.25) is 11.8 Å². The fraction of sp³-hybridized carbons (Fsp3) is 0.154. The number of fused-ring (bicyclic) bond motifs is 1. The van der Waals surface area contributed by atoms with Crippen molar-refractivity contribution in [1.29, 1.82) is 0 Å². The van der Waals surface area contributed by atoms with Crippen LogP contribution in [-0.2, 0) is 22.4 Å². The summed E-state index contributed by atoms with van der Waals surface area (Å²) < 4.78 is 0.940. The van der Waals surface area contributed by atoms with Gasteiger partial charge in [0.15, 0.2) is 0 Å². The van der Waals surface area contributed by atoms with Crippen LogP contribution in [0.25, 0.3) is 10.9 Å². The van der Waals surface area contributed by atoms with Crippen LogP contribution in [0.1, 0.15) is 11.1 Å². The van der Waals surface area contributed by atoms with Gasteiger partial charge in [-0.05, 0) is 41.5 Å². The molecule has 0 saturated heterocycles. The second-order valence-corrected chi connectivity index (χ2v) is 8.64. The Labute approximate surface area is 195 Å². The Hall–Kier alpha value is -3.38. The van der Waals surface area contributed by atoms with E-state index in [0.717, 1.165) is 32.2 Å². The van der Waals surface area contributed by atoms with Gasteiger partial charge in [-0.3, -0.25) is 9.59 Å². The third kappa shape index (κ3) is 5.08. The summed E-state index contributed by atoms with van der Waals surface area (Å²) in [6.45, 7) is 0. The van der Waals surface area contributed by atoms with Crippen LogP contribution in [0.2, 0.25) is 0 Å². The quantitative estimate of drug-likeness (QED) is 0.389. The second-order valence-electron chi connectivity index (χ2n) is 7.72. The number of rotatable bonds is 7. The maximum absolute atomic E-state index is 13.4. The number of halogens is 1. The highest BCUT2D eigenvalue weighted by Gasteiger charge is 2.25. The summed E-state index contributed by atoms with van der Waals surface area (Å²) in [5.41, 5.74) is 3.65. The highest BCUT2D eigenvalue weighted by Crippen LogP contribution is 2.20. The molecule has 0 bridgehead atoms. The number of para-hydroxylation sites is 1. The van der Waals surface area contributed by atoms with Gasteiger partial charge < -0.3 is 15.2 Å². The number of anilines is 1. The zero-order valence-corrected chi connectivity index (χ0v) is 19.3. The van der Waals surface area contributed by atoms with Crippen molar-refractivity contribution in [3.63, 3.8) is 0 Å². The second kappa shape index (κ2) is 9.83. The molecular formula is C26H24BrN3O2. The molecule has 0 aliphatic rings. The summed E-state index contributed by atoms with van der Waals surface area (Å²) in [5.74, 6) is -0.350. The number of benzene rings is 3. The molecule has 4 aromatic rings. The van der Waals surface area contributed by atoms with Crippen LogP contribution in [0.4, 0.5) is 5.69 Å². The number of carbonyl (C=O) groups excluding carboxylic acids is 2. The standard InChI is InChI=1S/C26H24BrN3O2/c1-30(21-13-11-20(27)12-14-21)26(32)24(15-18-7-3-2-4-8-18)29-25(31)16-19-17-28-23-10-6-5-9-22(19)23/h2-14,17,24,28H,15-16H2,1H3,(H,29,31)/t24-/m0/s1. The number of amides is 2. The van der Waals surface area contributed by atoms with Gasteiger partial charge in [0.05, 0.1) is 6.42 Å². The Morgan fingerprint density at radius 2 is 1.66 bits per heavy atom. The Morgan fingerprint density at radius 3 is 2.41 bits per heavy atom. The van der Waals surface area contributed by atoms with Gasteiger partial charge in [-0.2, -0.15) is 0 Å². The van der Waals surface area contributed by atoms with Crippen molar-refractivity contribution >= 4 is 44.3 Å². The van der Waals surface area contributed by atoms with Crippen LogP contribution in [-0.4, -0.2) is 29.9 Å². The topological polar surface area (TPSA) is 65.2 Å². The van der Waals surface area contributed by atoms with Crippen molar-refractivity contribution < 1.29 is 9.59 Å². The largest absolute Gasteiger partial charge is 0.361 e. The van der Waals surface area contributed by atoms with Crippen molar-refractivity contribution in [1.82, 2.24) is 10.3 Å². The average Bonchev–Trinajstić information content (AvgIpc) is 3.21. The predicted molar refractivity (Wildman–Crippen MR) is 132 cm³/mol. The van der Waals surface area contributed by atoms with E-state index in [0.29, 0.717) is 6.42 Å². The molecule has 0 saturated carbocycles. The molecule has 1 heterocycles. The van der Waals surface area contributed by atoms with Gasteiger partial charge in [-0.1, -0.05) is 64.5 Å². The lowest BCUT2D eigenvalue weighted by molar-refractivity contribution is -0.127. The minimum atomic E-state index is -0.677. The van der Waals surface area contributed by atoms with Gasteiger partial charge in [0.1, 0.15) is 6.04 Å². The van der Waals surface area contributed by atoms with E-state index in [1.807, 2.05) is 85.1 Å². The molecule has 0 radical (unpaired) electrons. The van der Waals surface area contributed by atoms with Crippen LogP contribution in [0.3, 0.4) is 0 Å². The zero-order valence-electron chi connectivity index (χ0n) is 17.7. The highest BCUT2D eigenvalue weighted by molar-refractivity contribution is 9.10. The summed E-state index contributed by atoms with van der Waals surface area (Å²) in [7, 11) is 1.73. The SMILES string of the molecule is CN(C(=O)[C@H](Cc1ccccc1)NC(=O)Cc1c[nH]c2ccccc12)c1ccc(Br)cc1. The number of aromatic amines is 1. The normalized spacial score (nSPS) is 11.8. The van der Waals surface area contributed by atoms with E-state index in [2.05, 4.69) is 26.2 Å². The molecule has 2 N–H and O–H groups in total. The number of H-pyrrole nitrogens is 1. The first-order chi connectivity index (χ1) is 15.5. The number of aromatic nitrogens is 1. The number of carbonyl (C=O) groups is 2. The van der Waals surface area contributed by atoms with E-state index < -0.39 is 6.04 Å². The highest BCUT2D eigenvalue weighted by atomic mass is 79.9. The molecule has 1 aromatic heterocycles. The monoisotopic (exact) mass is 489 g/mol. The number of likely N-dealkylation sites (N-methyl/N-ethyl adjacent to an activating group) is 1. The number of hydrogen-bond donors (Lipinski definition) is 2. The van der Waals surface area contributed by atoms with Gasteiger partial charge in [0.25, 0.3) is 0 Å². The molecular weight excluding hydrogens is 466 g/mol. The van der Waals surface area contributed by atoms with Gasteiger partial charge in [0, 0.05) is 40.7 Å². The van der Waals surface area contributed by atoms with Crippen LogP contribution in [0.5, 0.6) is 0 Å². The smallest absolute Gasteiger partial charge is 0.249 e. The molecule has 5 nitrogen and oxygen atoms in total. The Kier molecular flexibility index (Phi) is 6.71. The Bertz CT molecular complexity index is 1220.